The van der Waals surface area contributed by atoms with E-state index in [1.165, 1.54) is 10.6 Å². The quantitative estimate of drug-likeness (QED) is 0.552. The number of hydrogen-bond donors (Lipinski definition) is 1. The highest BCUT2D eigenvalue weighted by atomic mass is 16.1. The molecule has 0 saturated heterocycles. The van der Waals surface area contributed by atoms with Gasteiger partial charge in [-0.15, -0.1) is 0 Å². The van der Waals surface area contributed by atoms with Crippen LogP contribution in [0.25, 0.3) is 16.5 Å². The predicted molar refractivity (Wildman–Crippen MR) is 117 cm³/mol. The molecule has 0 aliphatic rings. The van der Waals surface area contributed by atoms with Gasteiger partial charge in [-0.3, -0.25) is 14.2 Å². The minimum absolute atomic E-state index is 0.133. The van der Waals surface area contributed by atoms with Crippen LogP contribution < -0.4 is 10.9 Å². The summed E-state index contributed by atoms with van der Waals surface area (Å²) in [4.78, 5) is 25.2. The predicted octanol–water partition coefficient (Wildman–Crippen LogP) is 4.79. The van der Waals surface area contributed by atoms with Gasteiger partial charge >= 0.3 is 0 Å². The van der Waals surface area contributed by atoms with E-state index in [0.29, 0.717) is 11.3 Å². The van der Waals surface area contributed by atoms with Gasteiger partial charge in [0.15, 0.2) is 0 Å². The maximum Gasteiger partial charge on any atom is 0.255 e. The first kappa shape index (κ1) is 18.7. The van der Waals surface area contributed by atoms with E-state index in [1.807, 2.05) is 50.2 Å². The highest BCUT2D eigenvalue weighted by Crippen LogP contribution is 2.24. The fourth-order valence-electron chi connectivity index (χ4n) is 3.63. The summed E-state index contributed by atoms with van der Waals surface area (Å²) in [6, 6.07) is 24.6. The molecule has 1 amide bonds. The summed E-state index contributed by atoms with van der Waals surface area (Å²) in [5, 5.41) is 5.39. The van der Waals surface area contributed by atoms with Crippen LogP contribution in [0.15, 0.2) is 89.9 Å². The largest absolute Gasteiger partial charge is 0.345 e. The van der Waals surface area contributed by atoms with Gasteiger partial charge in [-0.25, -0.2) is 0 Å². The molecular formula is C25H22N2O2. The number of nitrogens with zero attached hydrogens (tertiary/aromatic N) is 1. The van der Waals surface area contributed by atoms with Crippen molar-refractivity contribution in [2.24, 2.45) is 0 Å². The van der Waals surface area contributed by atoms with Gasteiger partial charge in [0.25, 0.3) is 11.5 Å². The van der Waals surface area contributed by atoms with Crippen LogP contribution in [0.3, 0.4) is 0 Å². The second-order valence-corrected chi connectivity index (χ2v) is 7.17. The van der Waals surface area contributed by atoms with Crippen LogP contribution in [0.5, 0.6) is 0 Å². The van der Waals surface area contributed by atoms with Gasteiger partial charge in [0.2, 0.25) is 0 Å². The van der Waals surface area contributed by atoms with Crippen molar-refractivity contribution >= 4 is 16.7 Å². The molecule has 0 saturated carbocycles. The number of aryl methyl sites for hydroxylation is 1. The number of carbonyl (C=O) groups excluding carboxylic acids is 1. The number of nitrogens with one attached hydrogen (secondary N) is 1. The van der Waals surface area contributed by atoms with E-state index in [0.717, 1.165) is 21.9 Å². The number of fused-ring (bicyclic) bond motifs is 1. The SMILES string of the molecule is Cc1ccc(-n2ccccc2=O)cc1C(=O)N[C@H](C)c1cccc2ccccc12. The molecule has 1 aromatic heterocycles. The molecule has 1 N–H and O–H groups in total. The minimum atomic E-state index is -0.159. The highest BCUT2D eigenvalue weighted by Gasteiger charge is 2.16. The molecule has 0 spiro atoms. The van der Waals surface area contributed by atoms with E-state index in [1.54, 1.807) is 24.4 Å². The average molecular weight is 382 g/mol. The number of pyridine rings is 1. The lowest BCUT2D eigenvalue weighted by Gasteiger charge is -2.18. The van der Waals surface area contributed by atoms with Crippen LogP contribution in [0.4, 0.5) is 0 Å². The molecule has 0 radical (unpaired) electrons. The van der Waals surface area contributed by atoms with Crippen LogP contribution in [0, 0.1) is 6.92 Å². The van der Waals surface area contributed by atoms with Crippen molar-refractivity contribution < 1.29 is 4.79 Å². The molecular weight excluding hydrogens is 360 g/mol. The molecule has 1 heterocycles. The van der Waals surface area contributed by atoms with E-state index in [4.69, 9.17) is 0 Å². The summed E-state index contributed by atoms with van der Waals surface area (Å²) in [5.74, 6) is -0.159. The Morgan fingerprint density at radius 3 is 2.52 bits per heavy atom. The first-order valence-electron chi connectivity index (χ1n) is 9.62. The molecule has 3 aromatic carbocycles. The number of rotatable bonds is 4. The maximum atomic E-state index is 13.1. The summed E-state index contributed by atoms with van der Waals surface area (Å²) >= 11 is 0. The number of amides is 1. The van der Waals surface area contributed by atoms with Crippen molar-refractivity contribution in [3.8, 4) is 5.69 Å². The fraction of sp³-hybridized carbons (Fsp3) is 0.120. The van der Waals surface area contributed by atoms with Gasteiger partial charge in [0.05, 0.1) is 6.04 Å². The molecule has 0 aliphatic carbocycles. The number of carbonyl (C=O) groups is 1. The Balaban J connectivity index is 1.65. The zero-order chi connectivity index (χ0) is 20.4. The van der Waals surface area contributed by atoms with Crippen LogP contribution in [-0.2, 0) is 0 Å². The second-order valence-electron chi connectivity index (χ2n) is 7.17. The lowest BCUT2D eigenvalue weighted by molar-refractivity contribution is 0.0939. The van der Waals surface area contributed by atoms with Gasteiger partial charge in [0, 0.05) is 23.5 Å². The van der Waals surface area contributed by atoms with Crippen molar-refractivity contribution in [1.82, 2.24) is 9.88 Å². The van der Waals surface area contributed by atoms with Crippen LogP contribution in [0.2, 0.25) is 0 Å². The standard InChI is InChI=1S/C25H22N2O2/c1-17-13-14-20(27-15-6-5-12-24(27)28)16-23(17)25(29)26-18(2)21-11-7-9-19-8-3-4-10-22(19)21/h3-16,18H,1-2H3,(H,26,29)/t18-/m1/s1. The Labute approximate surface area is 169 Å². The van der Waals surface area contributed by atoms with Crippen molar-refractivity contribution in [2.75, 3.05) is 0 Å². The second kappa shape index (κ2) is 7.76. The first-order valence-corrected chi connectivity index (χ1v) is 9.62. The van der Waals surface area contributed by atoms with Gasteiger partial charge in [0.1, 0.15) is 0 Å². The lowest BCUT2D eigenvalue weighted by atomic mass is 9.99. The molecule has 0 bridgehead atoms. The van der Waals surface area contributed by atoms with Crippen molar-refractivity contribution in [1.29, 1.82) is 0 Å². The zero-order valence-corrected chi connectivity index (χ0v) is 16.4. The number of aromatic nitrogens is 1. The van der Waals surface area contributed by atoms with Crippen LogP contribution >= 0.6 is 0 Å². The topological polar surface area (TPSA) is 51.1 Å². The zero-order valence-electron chi connectivity index (χ0n) is 16.4. The van der Waals surface area contributed by atoms with Gasteiger partial charge in [-0.1, -0.05) is 54.6 Å². The van der Waals surface area contributed by atoms with E-state index < -0.39 is 0 Å². The number of benzene rings is 3. The van der Waals surface area contributed by atoms with Crippen molar-refractivity contribution in [3.05, 3.63) is 112 Å². The van der Waals surface area contributed by atoms with E-state index in [-0.39, 0.29) is 17.5 Å². The Hall–Kier alpha value is -3.66. The van der Waals surface area contributed by atoms with Gasteiger partial charge < -0.3 is 5.32 Å². The summed E-state index contributed by atoms with van der Waals surface area (Å²) in [7, 11) is 0. The normalized spacial score (nSPS) is 11.9. The molecule has 4 aromatic rings. The fourth-order valence-corrected chi connectivity index (χ4v) is 3.63. The molecule has 4 rings (SSSR count). The molecule has 4 heteroatoms. The molecule has 29 heavy (non-hydrogen) atoms. The Kier molecular flexibility index (Phi) is 5.00. The van der Waals surface area contributed by atoms with Gasteiger partial charge in [-0.2, -0.15) is 0 Å². The monoisotopic (exact) mass is 382 g/mol. The highest BCUT2D eigenvalue weighted by molar-refractivity contribution is 5.97. The van der Waals surface area contributed by atoms with Gasteiger partial charge in [-0.05, 0) is 53.9 Å². The molecule has 1 atom stereocenters. The van der Waals surface area contributed by atoms with E-state index in [2.05, 4.69) is 23.5 Å². The Morgan fingerprint density at radius 1 is 0.931 bits per heavy atom. The van der Waals surface area contributed by atoms with E-state index >= 15 is 0 Å². The maximum absolute atomic E-state index is 13.1. The minimum Gasteiger partial charge on any atom is -0.345 e. The number of hydrogen-bond acceptors (Lipinski definition) is 2. The summed E-state index contributed by atoms with van der Waals surface area (Å²) in [6.45, 7) is 3.88. The van der Waals surface area contributed by atoms with Crippen molar-refractivity contribution in [2.45, 2.75) is 19.9 Å². The molecule has 0 fully saturated rings. The third-order valence-electron chi connectivity index (χ3n) is 5.20. The van der Waals surface area contributed by atoms with E-state index in [9.17, 15) is 9.59 Å². The summed E-state index contributed by atoms with van der Waals surface area (Å²) in [6.07, 6.45) is 1.70. The lowest BCUT2D eigenvalue weighted by Crippen LogP contribution is -2.27. The summed E-state index contributed by atoms with van der Waals surface area (Å²) in [5.41, 5.74) is 3.03. The molecule has 0 unspecified atom stereocenters. The average Bonchev–Trinajstić information content (AvgIpc) is 2.74. The Bertz CT molecular complexity index is 1250. The third-order valence-corrected chi connectivity index (χ3v) is 5.20. The van der Waals surface area contributed by atoms with Crippen molar-refractivity contribution in [3.63, 3.8) is 0 Å². The van der Waals surface area contributed by atoms with Crippen LogP contribution in [-0.4, -0.2) is 10.5 Å². The smallest absolute Gasteiger partial charge is 0.255 e. The molecule has 0 aliphatic heterocycles. The summed E-state index contributed by atoms with van der Waals surface area (Å²) < 4.78 is 1.53. The molecule has 144 valence electrons. The third kappa shape index (κ3) is 3.69. The van der Waals surface area contributed by atoms with Crippen LogP contribution in [0.1, 0.15) is 34.5 Å². The molecule has 4 nitrogen and oxygen atoms in total. The Morgan fingerprint density at radius 2 is 1.69 bits per heavy atom. The first-order chi connectivity index (χ1) is 14.0.